The standard InChI is InChI=1S/C33H38F2N4O5.2C2H6/c1-20(2)43-31(41)24-18-38(30(40)21-8-11-25(34)26(35)16-21)19-33(3,4)28-23-10-9-22(17-27(23)37-29(24)28)44-32(42)36-12-15-39(5)13-6-7-14-39;2*1-2/h8-11,16-18,20,37H,6-7,12-15,19H2,1-5H3;2*1-2H3/p+1. The van der Waals surface area contributed by atoms with Crippen LogP contribution in [0.5, 0.6) is 5.75 Å². The number of nitrogens with zero attached hydrogens (tertiary/aromatic N) is 2. The molecule has 1 fully saturated rings. The molecule has 3 aromatic rings. The average molecular weight is 670 g/mol. The van der Waals surface area contributed by atoms with Gasteiger partial charge in [0.15, 0.2) is 11.6 Å². The number of amides is 2. The Bertz CT molecular complexity index is 1640. The molecule has 2 amide bonds. The number of H-pyrrole nitrogens is 1. The topological polar surface area (TPSA) is 101 Å². The molecule has 262 valence electrons. The molecule has 5 rings (SSSR count). The van der Waals surface area contributed by atoms with Crippen LogP contribution in [0.25, 0.3) is 16.5 Å². The number of halogens is 2. The first kappa shape index (κ1) is 38.2. The van der Waals surface area contributed by atoms with Crippen molar-refractivity contribution in [3.8, 4) is 5.75 Å². The van der Waals surface area contributed by atoms with Crippen LogP contribution in [0, 0.1) is 11.6 Å². The van der Waals surface area contributed by atoms with E-state index in [4.69, 9.17) is 9.47 Å². The van der Waals surface area contributed by atoms with Crippen LogP contribution in [0.3, 0.4) is 0 Å². The number of esters is 1. The Morgan fingerprint density at radius 1 is 1.00 bits per heavy atom. The third-order valence-electron chi connectivity index (χ3n) is 8.33. The van der Waals surface area contributed by atoms with Gasteiger partial charge in [-0.3, -0.25) is 4.79 Å². The van der Waals surface area contributed by atoms with E-state index in [1.165, 1.54) is 30.0 Å². The highest BCUT2D eigenvalue weighted by atomic mass is 19.2. The molecule has 3 heterocycles. The van der Waals surface area contributed by atoms with E-state index < -0.39 is 41.1 Å². The summed E-state index contributed by atoms with van der Waals surface area (Å²) in [6.07, 6.45) is 2.82. The Morgan fingerprint density at radius 3 is 2.29 bits per heavy atom. The lowest BCUT2D eigenvalue weighted by Gasteiger charge is -2.29. The molecule has 0 saturated carbocycles. The van der Waals surface area contributed by atoms with Crippen LogP contribution in [0.15, 0.2) is 42.6 Å². The maximum absolute atomic E-state index is 14.0. The molecule has 9 nitrogen and oxygen atoms in total. The van der Waals surface area contributed by atoms with Crippen molar-refractivity contribution in [3.05, 3.63) is 71.1 Å². The number of hydrogen-bond donors (Lipinski definition) is 2. The molecule has 1 saturated heterocycles. The smallest absolute Gasteiger partial charge is 0.412 e. The quantitative estimate of drug-likeness (QED) is 0.200. The zero-order valence-corrected chi connectivity index (χ0v) is 29.8. The van der Waals surface area contributed by atoms with Crippen LogP contribution in [-0.2, 0) is 14.9 Å². The molecule has 0 bridgehead atoms. The average Bonchev–Trinajstić information content (AvgIpc) is 3.62. The maximum atomic E-state index is 14.0. The summed E-state index contributed by atoms with van der Waals surface area (Å²) in [5, 5.41) is 3.61. The maximum Gasteiger partial charge on any atom is 0.412 e. The van der Waals surface area contributed by atoms with Crippen LogP contribution in [-0.4, -0.2) is 78.2 Å². The lowest BCUT2D eigenvalue weighted by molar-refractivity contribution is -0.896. The first-order valence-electron chi connectivity index (χ1n) is 16.9. The summed E-state index contributed by atoms with van der Waals surface area (Å²) in [6, 6.07) is 8.14. The zero-order chi connectivity index (χ0) is 35.8. The molecule has 2 N–H and O–H groups in total. The number of fused-ring (bicyclic) bond motifs is 3. The van der Waals surface area contributed by atoms with Gasteiger partial charge >= 0.3 is 12.1 Å². The number of quaternary nitrogens is 1. The van der Waals surface area contributed by atoms with E-state index in [-0.39, 0.29) is 17.7 Å². The third-order valence-corrected chi connectivity index (χ3v) is 8.33. The number of likely N-dealkylation sites (N-methyl/N-ethyl adjacent to an activating group) is 1. The molecule has 0 atom stereocenters. The van der Waals surface area contributed by atoms with Gasteiger partial charge in [-0.15, -0.1) is 0 Å². The summed E-state index contributed by atoms with van der Waals surface area (Å²) in [7, 11) is 2.20. The Kier molecular flexibility index (Phi) is 12.9. The van der Waals surface area contributed by atoms with Crippen molar-refractivity contribution >= 4 is 34.4 Å². The molecule has 48 heavy (non-hydrogen) atoms. The summed E-state index contributed by atoms with van der Waals surface area (Å²) in [4.78, 5) is 44.1. The summed E-state index contributed by atoms with van der Waals surface area (Å²) in [5.74, 6) is -3.12. The summed E-state index contributed by atoms with van der Waals surface area (Å²) in [5.41, 5.74) is 1.18. The highest BCUT2D eigenvalue weighted by Gasteiger charge is 2.38. The zero-order valence-electron chi connectivity index (χ0n) is 29.8. The van der Waals surface area contributed by atoms with Gasteiger partial charge in [-0.1, -0.05) is 41.5 Å². The van der Waals surface area contributed by atoms with Gasteiger partial charge in [-0.05, 0) is 49.7 Å². The molecule has 2 aromatic carbocycles. The highest BCUT2D eigenvalue weighted by Crippen LogP contribution is 2.41. The molecule has 11 heteroatoms. The van der Waals surface area contributed by atoms with Gasteiger partial charge in [0.1, 0.15) is 5.75 Å². The Balaban J connectivity index is 0.00000151. The minimum atomic E-state index is -1.14. The van der Waals surface area contributed by atoms with E-state index in [2.05, 4.69) is 17.3 Å². The van der Waals surface area contributed by atoms with E-state index in [9.17, 15) is 23.2 Å². The van der Waals surface area contributed by atoms with Gasteiger partial charge in [0.2, 0.25) is 0 Å². The SMILES string of the molecule is CC.CC.CC(C)OC(=O)C1=CN(C(=O)c2ccc(F)c(F)c2)CC(C)(C)c2c1[nH]c1cc(OC(=O)NCC[N+]3(C)CCCC3)ccc21. The summed E-state index contributed by atoms with van der Waals surface area (Å²) >= 11 is 0. The molecule has 2 aliphatic rings. The molecule has 0 radical (unpaired) electrons. The number of likely N-dealkylation sites (tertiary alicyclic amines) is 1. The third kappa shape index (κ3) is 8.80. The predicted molar refractivity (Wildman–Crippen MR) is 185 cm³/mol. The first-order valence-corrected chi connectivity index (χ1v) is 16.9. The van der Waals surface area contributed by atoms with Crippen molar-refractivity contribution in [2.45, 2.75) is 79.8 Å². The van der Waals surface area contributed by atoms with Gasteiger partial charge in [0.05, 0.1) is 50.6 Å². The second kappa shape index (κ2) is 16.2. The number of nitrogens with one attached hydrogen (secondary N) is 2. The largest absolute Gasteiger partial charge is 0.459 e. The van der Waals surface area contributed by atoms with E-state index in [0.29, 0.717) is 23.5 Å². The number of benzene rings is 2. The normalized spacial score (nSPS) is 16.0. The van der Waals surface area contributed by atoms with Gasteiger partial charge in [-0.25, -0.2) is 18.4 Å². The molecule has 0 unspecified atom stereocenters. The Labute approximate surface area is 282 Å². The van der Waals surface area contributed by atoms with E-state index in [1.54, 1.807) is 26.0 Å². The van der Waals surface area contributed by atoms with Gasteiger partial charge < -0.3 is 29.2 Å². The number of hydrogen-bond acceptors (Lipinski definition) is 5. The Hall–Kier alpha value is -4.25. The lowest BCUT2D eigenvalue weighted by atomic mass is 9.81. The van der Waals surface area contributed by atoms with Crippen LogP contribution in [0.1, 0.15) is 89.8 Å². The molecular weight excluding hydrogens is 618 g/mol. The fourth-order valence-electron chi connectivity index (χ4n) is 6.17. The van der Waals surface area contributed by atoms with Crippen molar-refractivity contribution in [2.75, 3.05) is 39.8 Å². The van der Waals surface area contributed by atoms with Crippen molar-refractivity contribution in [3.63, 3.8) is 0 Å². The number of ether oxygens (including phenoxy) is 2. The van der Waals surface area contributed by atoms with Crippen LogP contribution >= 0.6 is 0 Å². The molecule has 1 aromatic heterocycles. The number of carbonyl (C=O) groups is 3. The monoisotopic (exact) mass is 669 g/mol. The van der Waals surface area contributed by atoms with Crippen molar-refractivity contribution in [1.82, 2.24) is 15.2 Å². The fourth-order valence-corrected chi connectivity index (χ4v) is 6.17. The fraction of sp³-hybridized carbons (Fsp3) is 0.486. The Morgan fingerprint density at radius 2 is 1.67 bits per heavy atom. The predicted octanol–water partition coefficient (Wildman–Crippen LogP) is 7.55. The van der Waals surface area contributed by atoms with Crippen LogP contribution < -0.4 is 10.1 Å². The second-order valence-corrected chi connectivity index (χ2v) is 12.8. The number of carbonyl (C=O) groups excluding carboxylic acids is 3. The van der Waals surface area contributed by atoms with Crippen molar-refractivity contribution < 1.29 is 37.1 Å². The molecular formula is C37H51F2N4O5+. The van der Waals surface area contributed by atoms with Gasteiger partial charge in [0.25, 0.3) is 5.91 Å². The highest BCUT2D eigenvalue weighted by molar-refractivity contribution is 6.18. The minimum absolute atomic E-state index is 0.0562. The lowest BCUT2D eigenvalue weighted by Crippen LogP contribution is -2.46. The number of aromatic amines is 1. The van der Waals surface area contributed by atoms with Gasteiger partial charge in [-0.2, -0.15) is 0 Å². The van der Waals surface area contributed by atoms with E-state index >= 15 is 0 Å². The summed E-state index contributed by atoms with van der Waals surface area (Å²) < 4.78 is 39.6. The molecule has 0 spiro atoms. The molecule has 0 aliphatic carbocycles. The van der Waals surface area contributed by atoms with Crippen molar-refractivity contribution in [2.24, 2.45) is 0 Å². The van der Waals surface area contributed by atoms with E-state index in [1.807, 2.05) is 47.6 Å². The second-order valence-electron chi connectivity index (χ2n) is 12.8. The van der Waals surface area contributed by atoms with Crippen LogP contribution in [0.2, 0.25) is 0 Å². The number of rotatable bonds is 7. The minimum Gasteiger partial charge on any atom is -0.459 e. The van der Waals surface area contributed by atoms with Crippen molar-refractivity contribution in [1.29, 1.82) is 0 Å². The van der Waals surface area contributed by atoms with E-state index in [0.717, 1.165) is 47.2 Å². The van der Waals surface area contributed by atoms with Gasteiger partial charge in [0, 0.05) is 53.5 Å². The van der Waals surface area contributed by atoms with Crippen LogP contribution in [0.4, 0.5) is 13.6 Å². The summed E-state index contributed by atoms with van der Waals surface area (Å²) in [6.45, 7) is 19.0. The number of aromatic nitrogens is 1. The first-order chi connectivity index (χ1) is 22.8. The molecule has 2 aliphatic heterocycles.